The van der Waals surface area contributed by atoms with Crippen molar-refractivity contribution in [1.82, 2.24) is 115 Å². The lowest BCUT2D eigenvalue weighted by molar-refractivity contribution is 0.0969. The SMILES string of the molecule is Cc1cc2c(NC3CCCc4ncncc43)ncnc2[nH]1.Cc1cc2c(NC3COCc4ccccc43)ncnc2[nH]1.Cc1cc2c(NC3CS(=O)(=O)Cc4ccccc43)ncnc2[nH]1.Cc1cc2c(N[C@@H]3CCOc4ccccc43)ncnc2[nH]1.Cc1cc2c(N[C@@H]3COc4ccccc43)ncnc2[nH]1.Cc1cc2c(N[C@H]3CCOc4ccccc43)ncnc2[nH]1.Cc1cc2c(N[C@H]3COc4ccccc43)ncnc2[nH]1. The molecule has 15 aromatic heterocycles. The maximum absolute atomic E-state index is 12.2. The summed E-state index contributed by atoms with van der Waals surface area (Å²) in [6.45, 7) is 18.1. The minimum Gasteiger partial charge on any atom is -0.493 e. The molecule has 21 heterocycles. The number of ether oxygens (including phenoxy) is 5. The molecule has 6 aromatic carbocycles. The third kappa shape index (κ3) is 20.9. The Morgan fingerprint density at radius 1 is 0.286 bits per heavy atom. The van der Waals surface area contributed by atoms with Gasteiger partial charge in [0.05, 0.1) is 118 Å². The Balaban J connectivity index is 0.0000000974. The van der Waals surface area contributed by atoms with Crippen LogP contribution in [0.4, 0.5) is 40.7 Å². The van der Waals surface area contributed by atoms with Crippen molar-refractivity contribution in [1.29, 1.82) is 0 Å². The Bertz CT molecular complexity index is 7790. The van der Waals surface area contributed by atoms with Gasteiger partial charge in [0.25, 0.3) is 0 Å². The predicted octanol–water partition coefficient (Wildman–Crippen LogP) is 19.9. The van der Waals surface area contributed by atoms with Crippen molar-refractivity contribution in [2.75, 3.05) is 76.0 Å². The van der Waals surface area contributed by atoms with E-state index in [1.165, 1.54) is 45.3 Å². The number of para-hydroxylation sites is 4. The Kier molecular flexibility index (Phi) is 26.8. The minimum atomic E-state index is -3.13. The van der Waals surface area contributed by atoms with E-state index in [4.69, 9.17) is 23.7 Å². The van der Waals surface area contributed by atoms with E-state index in [9.17, 15) is 8.42 Å². The lowest BCUT2D eigenvalue weighted by atomic mass is 9.92. The zero-order valence-corrected chi connectivity index (χ0v) is 82.6. The fraction of sp³-hybridized carbons (Fsp3) is 0.248. The van der Waals surface area contributed by atoms with Crippen LogP contribution in [-0.2, 0) is 33.4 Å². The number of nitrogens with zero attached hydrogens (tertiary/aromatic N) is 16. The van der Waals surface area contributed by atoms with E-state index in [-0.39, 0.29) is 53.8 Å². The molecule has 0 amide bonds. The number of hydrogen-bond acceptors (Lipinski definition) is 30. The number of H-pyrrole nitrogens is 7. The van der Waals surface area contributed by atoms with Gasteiger partial charge in [-0.3, -0.25) is 0 Å². The number of benzene rings is 6. The highest BCUT2D eigenvalue weighted by molar-refractivity contribution is 7.90. The second kappa shape index (κ2) is 41.8. The number of anilines is 7. The maximum Gasteiger partial charge on any atom is 0.156 e. The van der Waals surface area contributed by atoms with Crippen LogP contribution in [0.25, 0.3) is 77.2 Å². The second-order valence-corrected chi connectivity index (χ2v) is 39.4. The molecule has 21 aromatic rings. The number of sulfone groups is 1. The summed E-state index contributed by atoms with van der Waals surface area (Å²) >= 11 is 0. The molecule has 6 aliphatic heterocycles. The Morgan fingerprint density at radius 3 is 0.932 bits per heavy atom. The van der Waals surface area contributed by atoms with E-state index >= 15 is 0 Å². The molecule has 0 fully saturated rings. The van der Waals surface area contributed by atoms with Crippen molar-refractivity contribution in [3.8, 4) is 23.0 Å². The molecule has 0 saturated carbocycles. The van der Waals surface area contributed by atoms with Gasteiger partial charge in [-0.05, 0) is 157 Å². The summed E-state index contributed by atoms with van der Waals surface area (Å²) in [5.74, 6) is 9.74. The van der Waals surface area contributed by atoms with Gasteiger partial charge in [-0.15, -0.1) is 0 Å². The topological polar surface area (TPSA) is 481 Å². The van der Waals surface area contributed by atoms with Crippen LogP contribution in [0.1, 0.15) is 164 Å². The summed E-state index contributed by atoms with van der Waals surface area (Å²) in [5.41, 5.74) is 24.8. The first kappa shape index (κ1) is 94.4. The molecule has 1 aliphatic carbocycles. The van der Waals surface area contributed by atoms with Gasteiger partial charge in [-0.25, -0.2) is 88.2 Å². The average Bonchev–Trinajstić information content (AvgIpc) is 1.75. The summed E-state index contributed by atoms with van der Waals surface area (Å²) in [5, 5.41) is 31.3. The molecule has 7 atom stereocenters. The zero-order chi connectivity index (χ0) is 100. The molecule has 0 radical (unpaired) electrons. The lowest BCUT2D eigenvalue weighted by Crippen LogP contribution is -2.28. The second-order valence-electron chi connectivity index (χ2n) is 37.3. The van der Waals surface area contributed by atoms with E-state index in [0.717, 1.165) is 237 Å². The monoisotopic (exact) mass is 1980 g/mol. The summed E-state index contributed by atoms with van der Waals surface area (Å²) in [6, 6.07) is 63.5. The standard InChI is InChI=1S/C16H16N4O2S.3C16H16N4O.C15H16N6.2C15H14N4O/c1-10-6-13-15(19-10)17-9-18-16(13)20-14-8-23(21,22)7-11-4-2-3-5-12(11)14;1-10-6-13-15(19-10)17-9-18-16(13)20-14-8-21-7-11-4-2-3-5-12(11)14;2*1-10-8-12-15(19-10)17-9-18-16(12)20-13-6-7-21-14-5-3-2-4-11(13)14;1-9-5-10-14(20-9)18-8-19-15(10)21-13-4-2-3-12-11(13)6-16-7-17-12;2*1-9-6-11-14(18-9)16-8-17-15(11)19-12-7-20-13-5-3-2-4-10(12)13/h2-6,9,14H,7-8H2,1H3,(H2,17,18,19,20);2-6,9,14H,7-8H2,1H3,(H2,17,18,19,20);2*2-5,8-9,13H,6-7H2,1H3,(H2,17,18,19,20);5-8,13H,2-4H2,1H3,(H2,18,19,20,21);2*2-6,8,12H,7H2,1H3,(H2,16,17,18,19)/t;;2*13-;;2*12-/m..10.10/s1. The molecule has 14 N–H and O–H groups in total. The first-order valence-electron chi connectivity index (χ1n) is 49.0. The van der Waals surface area contributed by atoms with Gasteiger partial charge in [0.2, 0.25) is 0 Å². The van der Waals surface area contributed by atoms with Crippen LogP contribution in [0.5, 0.6) is 23.0 Å². The highest BCUT2D eigenvalue weighted by Crippen LogP contribution is 2.43. The van der Waals surface area contributed by atoms with Crippen LogP contribution in [0, 0.1) is 48.5 Å². The molecule has 0 spiro atoms. The molecule has 147 heavy (non-hydrogen) atoms. The molecule has 28 rings (SSSR count). The lowest BCUT2D eigenvalue weighted by Gasteiger charge is -2.27. The third-order valence-electron chi connectivity index (χ3n) is 26.7. The molecule has 742 valence electrons. The number of rotatable bonds is 14. The van der Waals surface area contributed by atoms with Gasteiger partial charge in [0, 0.05) is 92.4 Å². The molecule has 0 saturated heterocycles. The van der Waals surface area contributed by atoms with E-state index < -0.39 is 9.84 Å². The fourth-order valence-corrected chi connectivity index (χ4v) is 21.5. The Labute approximate surface area is 844 Å². The van der Waals surface area contributed by atoms with Gasteiger partial charge in [-0.2, -0.15) is 0 Å². The smallest absolute Gasteiger partial charge is 0.156 e. The van der Waals surface area contributed by atoms with Crippen LogP contribution in [-0.4, -0.2) is 162 Å². The summed E-state index contributed by atoms with van der Waals surface area (Å²) < 4.78 is 52.9. The average molecular weight is 1980 g/mol. The van der Waals surface area contributed by atoms with E-state index in [2.05, 4.69) is 231 Å². The number of aromatic nitrogens is 23. The first-order valence-corrected chi connectivity index (χ1v) is 50.8. The fourth-order valence-electron chi connectivity index (χ4n) is 19.9. The largest absolute Gasteiger partial charge is 0.493 e. The first-order chi connectivity index (χ1) is 71.9. The van der Waals surface area contributed by atoms with Crippen molar-refractivity contribution in [2.45, 2.75) is 135 Å². The molecular formula is C109H108N30O7S. The quantitative estimate of drug-likeness (QED) is 0.0481. The molecular weight excluding hydrogens is 1870 g/mol. The molecule has 0 bridgehead atoms. The van der Waals surface area contributed by atoms with Crippen LogP contribution >= 0.6 is 0 Å². The Morgan fingerprint density at radius 2 is 0.571 bits per heavy atom. The summed E-state index contributed by atoms with van der Waals surface area (Å²) in [4.78, 5) is 91.5. The van der Waals surface area contributed by atoms with Gasteiger partial charge in [0.15, 0.2) is 9.84 Å². The van der Waals surface area contributed by atoms with Gasteiger partial charge < -0.3 is 95.8 Å². The van der Waals surface area contributed by atoms with Crippen molar-refractivity contribution < 1.29 is 32.1 Å². The van der Waals surface area contributed by atoms with Gasteiger partial charge in [-0.1, -0.05) is 121 Å². The summed E-state index contributed by atoms with van der Waals surface area (Å²) in [6.07, 6.45) is 19.6. The molecule has 7 aliphatic rings. The number of fused-ring (bicyclic) bond motifs is 14. The minimum absolute atomic E-state index is 0.0684. The van der Waals surface area contributed by atoms with Crippen molar-refractivity contribution >= 4 is 128 Å². The van der Waals surface area contributed by atoms with Gasteiger partial charge >= 0.3 is 0 Å². The van der Waals surface area contributed by atoms with Crippen LogP contribution in [0.2, 0.25) is 0 Å². The summed E-state index contributed by atoms with van der Waals surface area (Å²) in [7, 11) is -3.13. The van der Waals surface area contributed by atoms with Crippen LogP contribution < -0.4 is 56.2 Å². The molecule has 37 nitrogen and oxygen atoms in total. The van der Waals surface area contributed by atoms with E-state index in [1.54, 1.807) is 44.3 Å². The van der Waals surface area contributed by atoms with E-state index in [1.807, 2.05) is 164 Å². The Hall–Kier alpha value is -17.6. The van der Waals surface area contributed by atoms with Gasteiger partial charge in [0.1, 0.15) is 167 Å². The number of hydrogen-bond donors (Lipinski definition) is 14. The number of aryl methyl sites for hydroxylation is 8. The number of aromatic amines is 7. The predicted molar refractivity (Wildman–Crippen MR) is 567 cm³/mol. The normalized spacial score (nSPS) is 17.6. The number of nitrogens with one attached hydrogen (secondary N) is 14. The van der Waals surface area contributed by atoms with Crippen LogP contribution in [0.3, 0.4) is 0 Å². The van der Waals surface area contributed by atoms with Crippen LogP contribution in [0.15, 0.2) is 245 Å². The molecule has 3 unspecified atom stereocenters. The van der Waals surface area contributed by atoms with E-state index in [0.29, 0.717) is 32.2 Å². The highest BCUT2D eigenvalue weighted by Gasteiger charge is 2.34. The van der Waals surface area contributed by atoms with Crippen molar-refractivity contribution in [2.24, 2.45) is 0 Å². The molecule has 38 heteroatoms. The highest BCUT2D eigenvalue weighted by atomic mass is 32.2. The maximum atomic E-state index is 12.2. The third-order valence-corrected chi connectivity index (χ3v) is 28.3. The van der Waals surface area contributed by atoms with Crippen molar-refractivity contribution in [3.05, 3.63) is 340 Å². The van der Waals surface area contributed by atoms with Crippen molar-refractivity contribution in [3.63, 3.8) is 0 Å². The zero-order valence-electron chi connectivity index (χ0n) is 81.7.